The van der Waals surface area contributed by atoms with Gasteiger partial charge in [0.05, 0.1) is 133 Å². The van der Waals surface area contributed by atoms with E-state index in [2.05, 4.69) is 9.50 Å². The van der Waals surface area contributed by atoms with Gasteiger partial charge in [0, 0.05) is 108 Å². The third kappa shape index (κ3) is 83.7. The van der Waals surface area contributed by atoms with Crippen molar-refractivity contribution in [3.8, 4) is 5.75 Å². The Balaban J connectivity index is -0.000000272. The van der Waals surface area contributed by atoms with Gasteiger partial charge in [0.2, 0.25) is 22.2 Å². The largest absolute Gasteiger partial charge is 2.00 e. The van der Waals surface area contributed by atoms with E-state index in [1.165, 1.54) is 17.0 Å². The monoisotopic (exact) mass is 1950 g/mol. The molecule has 0 aliphatic carbocycles. The van der Waals surface area contributed by atoms with Gasteiger partial charge in [-0.1, -0.05) is 107 Å². The van der Waals surface area contributed by atoms with Crippen molar-refractivity contribution in [1.82, 2.24) is 20.4 Å². The van der Waals surface area contributed by atoms with Crippen LogP contribution < -0.4 is 61.3 Å². The molecule has 1 aromatic rings. The predicted molar refractivity (Wildman–Crippen MR) is 437 cm³/mol. The zero-order valence-electron chi connectivity index (χ0n) is 75.8. The zero-order valence-corrected chi connectivity index (χ0v) is 78.8. The molecule has 2 amide bonds. The molecule has 131 heavy (non-hydrogen) atoms. The van der Waals surface area contributed by atoms with Crippen molar-refractivity contribution >= 4 is 114 Å². The third-order valence-corrected chi connectivity index (χ3v) is 16.9. The number of nitrogens with one attached hydrogen (secondary N) is 2. The van der Waals surface area contributed by atoms with Crippen LogP contribution >= 0.6 is 0 Å². The first-order valence-electron chi connectivity index (χ1n) is 42.2. The Bertz CT molecular complexity index is 3160. The molecule has 0 aromatic heterocycles. The van der Waals surface area contributed by atoms with Gasteiger partial charge in [-0.3, -0.25) is 23.6 Å². The Hall–Kier alpha value is -6.56. The molecule has 1 heterocycles. The van der Waals surface area contributed by atoms with Crippen LogP contribution in [0.4, 0.5) is 0 Å². The number of hydrogen-bond acceptors (Lipinski definition) is 47. The molecule has 49 nitrogen and oxygen atoms in total. The quantitative estimate of drug-likeness (QED) is 0.0125. The third-order valence-electron chi connectivity index (χ3n) is 16.4. The van der Waals surface area contributed by atoms with Crippen LogP contribution in [0.5, 0.6) is 5.75 Å². The summed E-state index contributed by atoms with van der Waals surface area (Å²) in [6.45, 7) is 14.7. The molecular weight excluding hydrogens is 1810 g/mol. The van der Waals surface area contributed by atoms with Crippen molar-refractivity contribution in [3.05, 3.63) is 29.3 Å². The number of unbranched alkanes of at least 4 members (excludes halogenated alkanes) is 7. The normalized spacial score (nSPS) is 16.1. The molecule has 1 aromatic carbocycles. The van der Waals surface area contributed by atoms with Crippen LogP contribution in [0.1, 0.15) is 192 Å². The number of ether oxygens (including phenoxy) is 9. The molecule has 764 valence electrons. The number of nitrogens with zero attached hydrogens (tertiary/aromatic N) is 2. The van der Waals surface area contributed by atoms with E-state index in [0.717, 1.165) is 101 Å². The number of carboxylic acid groups (broad SMARTS) is 9. The number of aliphatic carboxylic acids is 7. The molecule has 0 bridgehead atoms. The number of rotatable bonds is 67. The first-order chi connectivity index (χ1) is 61.3. The summed E-state index contributed by atoms with van der Waals surface area (Å²) in [7, 11) is -4.45. The van der Waals surface area contributed by atoms with Crippen LogP contribution in [0, 0.1) is 0 Å². The summed E-state index contributed by atoms with van der Waals surface area (Å²) in [5.74, 6) is -14.5. The fourth-order valence-electron chi connectivity index (χ4n) is 9.26. The van der Waals surface area contributed by atoms with Crippen LogP contribution in [0.2, 0.25) is 0 Å². The van der Waals surface area contributed by atoms with Crippen LogP contribution in [0.3, 0.4) is 0 Å². The fourth-order valence-corrected chi connectivity index (χ4v) is 9.59. The van der Waals surface area contributed by atoms with E-state index >= 15 is 0 Å². The molecule has 0 saturated carbocycles. The van der Waals surface area contributed by atoms with Crippen molar-refractivity contribution in [2.75, 3.05) is 158 Å². The van der Waals surface area contributed by atoms with E-state index in [0.29, 0.717) is 59.1 Å². The molecule has 13 atom stereocenters. The van der Waals surface area contributed by atoms with Gasteiger partial charge >= 0.3 is 37.7 Å². The predicted octanol–water partition coefficient (Wildman–Crippen LogP) is -14.1. The van der Waals surface area contributed by atoms with E-state index in [9.17, 15) is 137 Å². The minimum Gasteiger partial charge on any atom is -0.726 e. The number of aliphatic hydroxyl groups is 12. The summed E-state index contributed by atoms with van der Waals surface area (Å²) < 4.78 is 79.1. The first-order valence-corrected chi connectivity index (χ1v) is 43.5. The van der Waals surface area contributed by atoms with E-state index in [1.54, 1.807) is 0 Å². The number of amides is 2. The van der Waals surface area contributed by atoms with Gasteiger partial charge in [-0.15, -0.1) is 0 Å². The van der Waals surface area contributed by atoms with Crippen LogP contribution in [0.25, 0.3) is 0 Å². The van der Waals surface area contributed by atoms with Gasteiger partial charge in [-0.25, -0.2) is 8.42 Å². The average Bonchev–Trinajstić information content (AvgIpc) is 0.813. The summed E-state index contributed by atoms with van der Waals surface area (Å²) in [4.78, 5) is 120. The number of aliphatic hydroxyl groups excluding tert-OH is 12. The van der Waals surface area contributed by atoms with E-state index < -0.39 is 208 Å². The minimum atomic E-state index is -4.45. The van der Waals surface area contributed by atoms with Gasteiger partial charge in [0.15, 0.2) is 6.29 Å². The van der Waals surface area contributed by atoms with Gasteiger partial charge < -0.3 is 208 Å². The molecular formula is C80H138CaN4O45S-8. The van der Waals surface area contributed by atoms with E-state index in [1.807, 2.05) is 60.7 Å². The van der Waals surface area contributed by atoms with Crippen molar-refractivity contribution in [1.29, 1.82) is 0 Å². The molecule has 1 aliphatic rings. The molecule has 1 fully saturated rings. The molecule has 0 spiro atoms. The molecule has 0 radical (unpaired) electrons. The smallest absolute Gasteiger partial charge is 0.726 e. The maximum Gasteiger partial charge on any atom is 2.00 e. The summed E-state index contributed by atoms with van der Waals surface area (Å²) in [6.07, 6.45) is -1.08. The topological polar surface area (TPSA) is 818 Å². The standard InChI is InChI=1S/C16H29N3O8.C12H14O5.C10H17NO6.C10H20O6.C10H22O6.C10H18O6.C8H18O4.C4H10O4S.Ca/c1-2-3-7-27-8-4-17-13(20)9-18(10-14(21)22)5-6-19(11-15(23)24)12-16(25)26;1-2-3-4-17-10-6-8(11(13)14)5-9(7-10)12(15)16;1-2-3-4-17-6-8(12)11-7(10(15)16)5-9(13)14;1-2-3-4-15-10-9(14)8(13)7(12)6(5-11)16-10;1-2-3-9(10(15)8(14)5-12)16-6-7(13)4-11;1-2-3-4-15-5-6-16-8(10(13)14)7-9(11)12;1-2-3-4-12-8(6-10)7(11)5-9;1-2-3-4-8-9(5,6)7;/h2-12H2,1H3,(H,17,20)(H,21,22)(H,23,24)(H,25,26);5-7H,2-4H2,1H3,(H,13,14)(H,15,16);7H,2-6H2,1H3,(H,11,12)(H,13,14)(H,15,16);6-14H,2-5H2,1H3;7-15H,2-6H2,1H3;8H,2-7H2,1H3,(H,11,12)(H,13,14);7-11H,2-6H2,1H3;2-4H2,1H3,(H,5,6,7);/q;;;;;;;;+2/p-10. The molecule has 1 saturated heterocycles. The first kappa shape index (κ1) is 137. The number of hydrogen-bond donors (Lipinski definition) is 14. The Kier molecular flexibility index (Phi) is 94.4. The Morgan fingerprint density at radius 2 is 0.939 bits per heavy atom. The minimum absolute atomic E-state index is 0. The van der Waals surface area contributed by atoms with Gasteiger partial charge in [-0.2, -0.15) is 0 Å². The van der Waals surface area contributed by atoms with Crippen LogP contribution in [-0.4, -0.2) is 425 Å². The maximum atomic E-state index is 11.9. The van der Waals surface area contributed by atoms with Crippen molar-refractivity contribution in [2.24, 2.45) is 0 Å². The van der Waals surface area contributed by atoms with E-state index in [4.69, 9.17) is 78.4 Å². The molecule has 51 heteroatoms. The van der Waals surface area contributed by atoms with Crippen LogP contribution in [0.15, 0.2) is 18.2 Å². The average molecular weight is 1950 g/mol. The summed E-state index contributed by atoms with van der Waals surface area (Å²) in [5, 5.41) is 208. The SMILES string of the molecule is CCCC(OCC(O)CO)C(O)C(O)CO.CCCCOC(CO)C(O)CO.CCCCOC1OC(CO)C(O)C(O)C1O.CCCCOCC(=O)NC(CC(=O)[O-])C(=O)[O-].CCCCOCCNC(=O)CN(CCN(CC(=O)[O-])CC(=O)[O-])CC(=O)[O-].CCCCOCCOC(CC(=O)[O-])C(=O)[O-].CCCCOS(=O)(=O)[O-].CCCCOc1cc(C(=O)[O-])cc(C(=O)[O-])c1.[Ca+2]. The number of carboxylic acids is 9. The molecule has 1 aliphatic heterocycles. The number of carbonyl (C=O) groups is 11. The van der Waals surface area contributed by atoms with Crippen molar-refractivity contribution in [2.45, 2.75) is 250 Å². The second-order valence-corrected chi connectivity index (χ2v) is 29.0. The molecule has 13 unspecified atom stereocenters. The zero-order chi connectivity index (χ0) is 101. The van der Waals surface area contributed by atoms with E-state index in [-0.39, 0.29) is 127 Å². The van der Waals surface area contributed by atoms with Gasteiger partial charge in [0.25, 0.3) is 0 Å². The maximum absolute atomic E-state index is 11.9. The number of benzene rings is 1. The Morgan fingerprint density at radius 3 is 1.37 bits per heavy atom. The van der Waals surface area contributed by atoms with Crippen LogP contribution in [-0.2, 0) is 95.6 Å². The van der Waals surface area contributed by atoms with Gasteiger partial charge in [0.1, 0.15) is 73.4 Å². The number of carbonyl (C=O) groups excluding carboxylic acids is 11. The second-order valence-electron chi connectivity index (χ2n) is 28.0. The van der Waals surface area contributed by atoms with Crippen molar-refractivity contribution < 1.29 is 220 Å². The molecule has 2 rings (SSSR count). The summed E-state index contributed by atoms with van der Waals surface area (Å²) in [6, 6.07) is 1.86. The second kappa shape index (κ2) is 89.9. The summed E-state index contributed by atoms with van der Waals surface area (Å²) >= 11 is 0. The fraction of sp³-hybridized carbons (Fsp3) is 0.787. The number of aromatic carboxylic acids is 2. The summed E-state index contributed by atoms with van der Waals surface area (Å²) in [5.41, 5.74) is -0.476. The Labute approximate surface area is 793 Å². The van der Waals surface area contributed by atoms with Crippen molar-refractivity contribution in [3.63, 3.8) is 0 Å². The molecule has 14 N–H and O–H groups in total. The Morgan fingerprint density at radius 1 is 0.473 bits per heavy atom. The van der Waals surface area contributed by atoms with Gasteiger partial charge in [-0.05, 0) is 69.6 Å².